The molecule has 6 heteroatoms. The van der Waals surface area contributed by atoms with Crippen LogP contribution >= 0.6 is 0 Å². The van der Waals surface area contributed by atoms with E-state index in [1.165, 1.54) is 0 Å². The molecule has 2 saturated heterocycles. The monoisotopic (exact) mass is 290 g/mol. The molecular weight excluding hydrogens is 268 g/mol. The molecule has 3 rings (SSSR count). The lowest BCUT2D eigenvalue weighted by atomic mass is 9.96. The molecule has 1 aromatic rings. The lowest BCUT2D eigenvalue weighted by Gasteiger charge is -2.33. The summed E-state index contributed by atoms with van der Waals surface area (Å²) < 4.78 is 5.50. The second-order valence-corrected chi connectivity index (χ2v) is 5.83. The summed E-state index contributed by atoms with van der Waals surface area (Å²) >= 11 is 0. The van der Waals surface area contributed by atoms with Crippen molar-refractivity contribution in [3.8, 4) is 0 Å². The Morgan fingerprint density at radius 3 is 3.05 bits per heavy atom. The van der Waals surface area contributed by atoms with Crippen LogP contribution in [0.15, 0.2) is 18.6 Å². The highest BCUT2D eigenvalue weighted by Gasteiger charge is 2.31. The van der Waals surface area contributed by atoms with Gasteiger partial charge in [0.15, 0.2) is 0 Å². The van der Waals surface area contributed by atoms with Crippen LogP contribution in [-0.4, -0.2) is 47.7 Å². The predicted molar refractivity (Wildman–Crippen MR) is 78.9 cm³/mol. The Labute approximate surface area is 124 Å². The van der Waals surface area contributed by atoms with E-state index in [0.717, 1.165) is 38.2 Å². The van der Waals surface area contributed by atoms with Crippen LogP contribution in [0.2, 0.25) is 0 Å². The molecule has 1 unspecified atom stereocenters. The number of carbonyl (C=O) groups is 1. The first-order chi connectivity index (χ1) is 10.2. The molecule has 0 saturated carbocycles. The Bertz CT molecular complexity index is 482. The molecule has 0 radical (unpaired) electrons. The van der Waals surface area contributed by atoms with E-state index < -0.39 is 0 Å². The van der Waals surface area contributed by atoms with Gasteiger partial charge >= 0.3 is 0 Å². The Morgan fingerprint density at radius 1 is 1.43 bits per heavy atom. The number of ether oxygens (including phenoxy) is 1. The fraction of sp³-hybridized carbons (Fsp3) is 0.667. The predicted octanol–water partition coefficient (Wildman–Crippen LogP) is 0.987. The molecule has 3 heterocycles. The third-order valence-electron chi connectivity index (χ3n) is 4.37. The normalized spacial score (nSPS) is 29.4. The number of anilines is 1. The van der Waals surface area contributed by atoms with E-state index in [2.05, 4.69) is 20.2 Å². The first-order valence-electron chi connectivity index (χ1n) is 7.67. The van der Waals surface area contributed by atoms with Gasteiger partial charge < -0.3 is 15.0 Å². The molecule has 3 atom stereocenters. The highest BCUT2D eigenvalue weighted by molar-refractivity contribution is 5.80. The van der Waals surface area contributed by atoms with Crippen molar-refractivity contribution < 1.29 is 9.53 Å². The van der Waals surface area contributed by atoms with Gasteiger partial charge in [0.05, 0.1) is 24.3 Å². The summed E-state index contributed by atoms with van der Waals surface area (Å²) in [4.78, 5) is 23.0. The van der Waals surface area contributed by atoms with Crippen molar-refractivity contribution in [2.45, 2.75) is 38.3 Å². The topological polar surface area (TPSA) is 67.3 Å². The van der Waals surface area contributed by atoms with Gasteiger partial charge in [-0.2, -0.15) is 0 Å². The number of hydrogen-bond donors (Lipinski definition) is 1. The summed E-state index contributed by atoms with van der Waals surface area (Å²) in [5, 5.41) is 3.14. The molecule has 1 aromatic heterocycles. The quantitative estimate of drug-likeness (QED) is 0.899. The summed E-state index contributed by atoms with van der Waals surface area (Å²) in [7, 11) is 0. The standard InChI is InChI=1S/C15H22N4O2/c1-11-13(4-8-21-11)18-15(20)12-3-2-7-19(10-12)14-9-16-5-6-17-14/h5-6,9,11-13H,2-4,7-8,10H2,1H3,(H,18,20)/t11-,12?,13-/m0/s1. The molecule has 0 aromatic carbocycles. The van der Waals surface area contributed by atoms with E-state index in [0.29, 0.717) is 6.54 Å². The number of hydrogen-bond acceptors (Lipinski definition) is 5. The Hall–Kier alpha value is -1.69. The van der Waals surface area contributed by atoms with Crippen LogP contribution < -0.4 is 10.2 Å². The van der Waals surface area contributed by atoms with E-state index in [1.54, 1.807) is 18.6 Å². The van der Waals surface area contributed by atoms with E-state index in [9.17, 15) is 4.79 Å². The SMILES string of the molecule is C[C@@H]1OCC[C@@H]1NC(=O)C1CCCN(c2cnccn2)C1. The second-order valence-electron chi connectivity index (χ2n) is 5.83. The average molecular weight is 290 g/mol. The molecule has 114 valence electrons. The highest BCUT2D eigenvalue weighted by Crippen LogP contribution is 2.22. The van der Waals surface area contributed by atoms with Crippen LogP contribution in [0.3, 0.4) is 0 Å². The van der Waals surface area contributed by atoms with Gasteiger partial charge in [-0.15, -0.1) is 0 Å². The number of nitrogens with one attached hydrogen (secondary N) is 1. The summed E-state index contributed by atoms with van der Waals surface area (Å²) in [6, 6.07) is 0.157. The summed E-state index contributed by atoms with van der Waals surface area (Å²) in [5.41, 5.74) is 0. The van der Waals surface area contributed by atoms with Gasteiger partial charge in [-0.1, -0.05) is 0 Å². The lowest BCUT2D eigenvalue weighted by molar-refractivity contribution is -0.126. The van der Waals surface area contributed by atoms with Crippen molar-refractivity contribution in [1.29, 1.82) is 0 Å². The molecule has 2 aliphatic heterocycles. The zero-order valence-corrected chi connectivity index (χ0v) is 12.4. The molecule has 0 aliphatic carbocycles. The van der Waals surface area contributed by atoms with Crippen LogP contribution in [0.4, 0.5) is 5.82 Å². The molecule has 1 amide bonds. The maximum absolute atomic E-state index is 12.4. The van der Waals surface area contributed by atoms with Crippen LogP contribution in [0.5, 0.6) is 0 Å². The van der Waals surface area contributed by atoms with E-state index >= 15 is 0 Å². The summed E-state index contributed by atoms with van der Waals surface area (Å²) in [6.45, 7) is 4.41. The Balaban J connectivity index is 1.59. The molecule has 2 aliphatic rings. The maximum Gasteiger partial charge on any atom is 0.225 e. The van der Waals surface area contributed by atoms with Crippen molar-refractivity contribution >= 4 is 11.7 Å². The van der Waals surface area contributed by atoms with Crippen LogP contribution in [0, 0.1) is 5.92 Å². The van der Waals surface area contributed by atoms with Crippen LogP contribution in [0.25, 0.3) is 0 Å². The minimum absolute atomic E-state index is 0.0218. The van der Waals surface area contributed by atoms with Crippen molar-refractivity contribution in [3.63, 3.8) is 0 Å². The zero-order valence-electron chi connectivity index (χ0n) is 12.4. The molecule has 0 bridgehead atoms. The minimum Gasteiger partial charge on any atom is -0.376 e. The molecule has 1 N–H and O–H groups in total. The van der Waals surface area contributed by atoms with Crippen LogP contribution in [-0.2, 0) is 9.53 Å². The van der Waals surface area contributed by atoms with E-state index in [1.807, 2.05) is 6.92 Å². The van der Waals surface area contributed by atoms with Crippen molar-refractivity contribution in [1.82, 2.24) is 15.3 Å². The largest absolute Gasteiger partial charge is 0.376 e. The van der Waals surface area contributed by atoms with Crippen molar-refractivity contribution in [2.75, 3.05) is 24.6 Å². The lowest BCUT2D eigenvalue weighted by Crippen LogP contribution is -2.47. The number of amides is 1. The second kappa shape index (κ2) is 6.39. The zero-order chi connectivity index (χ0) is 14.7. The minimum atomic E-state index is 0.0218. The van der Waals surface area contributed by atoms with E-state index in [4.69, 9.17) is 4.74 Å². The number of nitrogens with zero attached hydrogens (tertiary/aromatic N) is 3. The van der Waals surface area contributed by atoms with Gasteiger partial charge in [0, 0.05) is 32.1 Å². The third-order valence-corrected chi connectivity index (χ3v) is 4.37. The number of aromatic nitrogens is 2. The average Bonchev–Trinajstić information content (AvgIpc) is 2.93. The van der Waals surface area contributed by atoms with Gasteiger partial charge in [-0.05, 0) is 26.2 Å². The number of rotatable bonds is 3. The molecule has 2 fully saturated rings. The molecule has 6 nitrogen and oxygen atoms in total. The van der Waals surface area contributed by atoms with Gasteiger partial charge in [0.1, 0.15) is 5.82 Å². The molecule has 21 heavy (non-hydrogen) atoms. The fourth-order valence-electron chi connectivity index (χ4n) is 3.08. The first-order valence-corrected chi connectivity index (χ1v) is 7.67. The van der Waals surface area contributed by atoms with Crippen molar-refractivity contribution in [3.05, 3.63) is 18.6 Å². The van der Waals surface area contributed by atoms with Gasteiger partial charge in [-0.25, -0.2) is 4.98 Å². The van der Waals surface area contributed by atoms with Gasteiger partial charge in [0.2, 0.25) is 5.91 Å². The van der Waals surface area contributed by atoms with Gasteiger partial charge in [0.25, 0.3) is 0 Å². The summed E-state index contributed by atoms with van der Waals surface area (Å²) in [6.07, 6.45) is 8.08. The Morgan fingerprint density at radius 2 is 2.33 bits per heavy atom. The number of piperidine rings is 1. The van der Waals surface area contributed by atoms with Crippen molar-refractivity contribution in [2.24, 2.45) is 5.92 Å². The summed E-state index contributed by atoms with van der Waals surface area (Å²) in [5.74, 6) is 1.02. The van der Waals surface area contributed by atoms with Gasteiger partial charge in [-0.3, -0.25) is 9.78 Å². The molecule has 0 spiro atoms. The van der Waals surface area contributed by atoms with E-state index in [-0.39, 0.29) is 24.0 Å². The Kier molecular flexibility index (Phi) is 4.34. The first kappa shape index (κ1) is 14.3. The fourth-order valence-corrected chi connectivity index (χ4v) is 3.08. The van der Waals surface area contributed by atoms with Crippen LogP contribution in [0.1, 0.15) is 26.2 Å². The highest BCUT2D eigenvalue weighted by atomic mass is 16.5. The smallest absolute Gasteiger partial charge is 0.225 e. The maximum atomic E-state index is 12.4. The third kappa shape index (κ3) is 3.32. The number of carbonyl (C=O) groups excluding carboxylic acids is 1. The molecular formula is C15H22N4O2.